The predicted molar refractivity (Wildman–Crippen MR) is 62.5 cm³/mol. The SMILES string of the molecule is O=C(c1sccc1Cl)C1(C2CC2)C=CNO1. The van der Waals surface area contributed by atoms with Gasteiger partial charge in [-0.3, -0.25) is 15.1 Å². The molecular formula is C11H10ClNO2S. The second kappa shape index (κ2) is 3.58. The Bertz CT molecular complexity index is 466. The Labute approximate surface area is 102 Å². The Morgan fingerprint density at radius 2 is 2.44 bits per heavy atom. The van der Waals surface area contributed by atoms with Gasteiger partial charge in [0.2, 0.25) is 5.78 Å². The van der Waals surface area contributed by atoms with Crippen molar-refractivity contribution in [1.82, 2.24) is 5.48 Å². The van der Waals surface area contributed by atoms with Gasteiger partial charge in [-0.1, -0.05) is 11.6 Å². The van der Waals surface area contributed by atoms with Crippen LogP contribution in [0.15, 0.2) is 23.7 Å². The normalized spacial score (nSPS) is 28.1. The van der Waals surface area contributed by atoms with Crippen molar-refractivity contribution < 1.29 is 9.63 Å². The summed E-state index contributed by atoms with van der Waals surface area (Å²) in [6.07, 6.45) is 5.54. The van der Waals surface area contributed by atoms with E-state index in [4.69, 9.17) is 16.4 Å². The van der Waals surface area contributed by atoms with Crippen molar-refractivity contribution in [2.75, 3.05) is 0 Å². The van der Waals surface area contributed by atoms with E-state index in [1.807, 2.05) is 11.5 Å². The summed E-state index contributed by atoms with van der Waals surface area (Å²) >= 11 is 7.35. The van der Waals surface area contributed by atoms with E-state index in [2.05, 4.69) is 5.48 Å². The minimum Gasteiger partial charge on any atom is -0.289 e. The third-order valence-electron chi connectivity index (χ3n) is 2.99. The van der Waals surface area contributed by atoms with Gasteiger partial charge >= 0.3 is 0 Å². The fraction of sp³-hybridized carbons (Fsp3) is 0.364. The van der Waals surface area contributed by atoms with Gasteiger partial charge in [-0.15, -0.1) is 11.3 Å². The molecule has 1 unspecified atom stereocenters. The molecule has 0 amide bonds. The van der Waals surface area contributed by atoms with Crippen molar-refractivity contribution in [2.45, 2.75) is 18.4 Å². The quantitative estimate of drug-likeness (QED) is 0.844. The van der Waals surface area contributed by atoms with Gasteiger partial charge in [0.1, 0.15) is 0 Å². The fourth-order valence-corrected chi connectivity index (χ4v) is 3.14. The molecule has 3 rings (SSSR count). The van der Waals surface area contributed by atoms with Gasteiger partial charge in [0.15, 0.2) is 5.60 Å². The van der Waals surface area contributed by atoms with E-state index in [1.54, 1.807) is 12.3 Å². The number of rotatable bonds is 3. The van der Waals surface area contributed by atoms with Crippen LogP contribution in [0.5, 0.6) is 0 Å². The maximum Gasteiger partial charge on any atom is 0.213 e. The number of Topliss-reactive ketones (excluding diaryl/α,β-unsaturated/α-hetero) is 1. The van der Waals surface area contributed by atoms with E-state index in [0.717, 1.165) is 12.8 Å². The number of halogens is 1. The zero-order valence-corrected chi connectivity index (χ0v) is 9.98. The topological polar surface area (TPSA) is 38.3 Å². The lowest BCUT2D eigenvalue weighted by molar-refractivity contribution is -0.0321. The molecule has 0 bridgehead atoms. The average molecular weight is 256 g/mol. The summed E-state index contributed by atoms with van der Waals surface area (Å²) in [5, 5.41) is 2.33. The molecule has 2 heterocycles. The van der Waals surface area contributed by atoms with Crippen molar-refractivity contribution in [3.63, 3.8) is 0 Å². The summed E-state index contributed by atoms with van der Waals surface area (Å²) in [6, 6.07) is 1.74. The Kier molecular flexibility index (Phi) is 2.31. The summed E-state index contributed by atoms with van der Waals surface area (Å²) in [5.74, 6) is 0.251. The molecule has 1 fully saturated rings. The largest absolute Gasteiger partial charge is 0.289 e. The Balaban J connectivity index is 1.99. The van der Waals surface area contributed by atoms with Gasteiger partial charge in [-0.2, -0.15) is 0 Å². The van der Waals surface area contributed by atoms with E-state index < -0.39 is 5.60 Å². The number of carbonyl (C=O) groups excluding carboxylic acids is 1. The van der Waals surface area contributed by atoms with Gasteiger partial charge in [0, 0.05) is 12.1 Å². The third kappa shape index (κ3) is 1.41. The molecule has 1 aliphatic carbocycles. The van der Waals surface area contributed by atoms with Crippen LogP contribution in [0.1, 0.15) is 22.5 Å². The standard InChI is InChI=1S/C11H10ClNO2S/c12-8-3-6-16-9(8)10(14)11(7-1-2-7)4-5-13-15-11/h3-7,13H,1-2H2. The number of thiophene rings is 1. The highest BCUT2D eigenvalue weighted by molar-refractivity contribution is 7.12. The first-order valence-electron chi connectivity index (χ1n) is 5.13. The summed E-state index contributed by atoms with van der Waals surface area (Å²) in [5.41, 5.74) is 1.83. The van der Waals surface area contributed by atoms with Crippen molar-refractivity contribution in [3.8, 4) is 0 Å². The second-order valence-corrected chi connectivity index (χ2v) is 5.37. The van der Waals surface area contributed by atoms with Crippen LogP contribution in [0, 0.1) is 5.92 Å². The second-order valence-electron chi connectivity index (χ2n) is 4.05. The molecule has 1 aromatic rings. The summed E-state index contributed by atoms with van der Waals surface area (Å²) in [7, 11) is 0. The van der Waals surface area contributed by atoms with Crippen LogP contribution in [0.25, 0.3) is 0 Å². The van der Waals surface area contributed by atoms with Crippen LogP contribution in [-0.4, -0.2) is 11.4 Å². The maximum absolute atomic E-state index is 12.4. The number of hydroxylamine groups is 1. The molecule has 1 aliphatic heterocycles. The molecule has 1 N–H and O–H groups in total. The van der Waals surface area contributed by atoms with E-state index in [-0.39, 0.29) is 11.7 Å². The molecular weight excluding hydrogens is 246 g/mol. The zero-order valence-electron chi connectivity index (χ0n) is 8.40. The molecule has 0 radical (unpaired) electrons. The molecule has 0 spiro atoms. The first-order valence-corrected chi connectivity index (χ1v) is 6.39. The number of nitrogens with one attached hydrogen (secondary N) is 1. The van der Waals surface area contributed by atoms with Gasteiger partial charge in [-0.25, -0.2) is 0 Å². The molecule has 0 saturated heterocycles. The van der Waals surface area contributed by atoms with Crippen molar-refractivity contribution in [2.24, 2.45) is 5.92 Å². The van der Waals surface area contributed by atoms with E-state index >= 15 is 0 Å². The molecule has 1 aromatic heterocycles. The van der Waals surface area contributed by atoms with Crippen LogP contribution in [0.3, 0.4) is 0 Å². The summed E-state index contributed by atoms with van der Waals surface area (Å²) in [4.78, 5) is 18.5. The van der Waals surface area contributed by atoms with Gasteiger partial charge < -0.3 is 0 Å². The highest BCUT2D eigenvalue weighted by Gasteiger charge is 2.53. The fourth-order valence-electron chi connectivity index (χ4n) is 2.00. The van der Waals surface area contributed by atoms with Crippen LogP contribution in [0.2, 0.25) is 5.02 Å². The molecule has 84 valence electrons. The predicted octanol–water partition coefficient (Wildman–Crippen LogP) is 2.78. The highest BCUT2D eigenvalue weighted by atomic mass is 35.5. The third-order valence-corrected chi connectivity index (χ3v) is 4.33. The minimum absolute atomic E-state index is 0.0312. The molecule has 2 aliphatic rings. The van der Waals surface area contributed by atoms with Crippen LogP contribution in [-0.2, 0) is 4.84 Å². The molecule has 5 heteroatoms. The van der Waals surface area contributed by atoms with E-state index in [9.17, 15) is 4.79 Å². The lowest BCUT2D eigenvalue weighted by Gasteiger charge is -2.23. The minimum atomic E-state index is -0.825. The number of hydrogen-bond donors (Lipinski definition) is 1. The lowest BCUT2D eigenvalue weighted by Crippen LogP contribution is -2.41. The van der Waals surface area contributed by atoms with Crippen molar-refractivity contribution >= 4 is 28.7 Å². The van der Waals surface area contributed by atoms with Crippen LogP contribution < -0.4 is 5.48 Å². The summed E-state index contributed by atoms with van der Waals surface area (Å²) in [6.45, 7) is 0. The smallest absolute Gasteiger partial charge is 0.213 e. The van der Waals surface area contributed by atoms with Crippen molar-refractivity contribution in [3.05, 3.63) is 33.6 Å². The van der Waals surface area contributed by atoms with E-state index in [0.29, 0.717) is 9.90 Å². The number of carbonyl (C=O) groups is 1. The Morgan fingerprint density at radius 1 is 1.62 bits per heavy atom. The molecule has 3 nitrogen and oxygen atoms in total. The van der Waals surface area contributed by atoms with Crippen LogP contribution in [0.4, 0.5) is 0 Å². The average Bonchev–Trinajstić information content (AvgIpc) is 2.88. The first kappa shape index (κ1) is 10.3. The molecule has 1 saturated carbocycles. The highest BCUT2D eigenvalue weighted by Crippen LogP contribution is 2.46. The maximum atomic E-state index is 12.4. The van der Waals surface area contributed by atoms with Crippen molar-refractivity contribution in [1.29, 1.82) is 0 Å². The van der Waals surface area contributed by atoms with Crippen LogP contribution >= 0.6 is 22.9 Å². The van der Waals surface area contributed by atoms with Gasteiger partial charge in [0.05, 0.1) is 9.90 Å². The Hall–Kier alpha value is -0.840. The van der Waals surface area contributed by atoms with E-state index in [1.165, 1.54) is 11.3 Å². The zero-order chi connectivity index (χ0) is 11.2. The first-order chi connectivity index (χ1) is 7.74. The van der Waals surface area contributed by atoms with Gasteiger partial charge in [0.25, 0.3) is 0 Å². The number of hydrogen-bond acceptors (Lipinski definition) is 4. The lowest BCUT2D eigenvalue weighted by atomic mass is 9.92. The Morgan fingerprint density at radius 3 is 2.94 bits per heavy atom. The molecule has 16 heavy (non-hydrogen) atoms. The summed E-state index contributed by atoms with van der Waals surface area (Å²) < 4.78 is 0. The number of ketones is 1. The van der Waals surface area contributed by atoms with Gasteiger partial charge in [-0.05, 0) is 30.4 Å². The monoisotopic (exact) mass is 255 g/mol. The molecule has 0 aromatic carbocycles. The molecule has 1 atom stereocenters.